The van der Waals surface area contributed by atoms with Crippen molar-refractivity contribution in [2.75, 3.05) is 0 Å². The first-order chi connectivity index (χ1) is 16.5. The Morgan fingerprint density at radius 1 is 0.559 bits per heavy atom. The molecule has 0 fully saturated rings. The summed E-state index contributed by atoms with van der Waals surface area (Å²) in [5, 5.41) is 0. The summed E-state index contributed by atoms with van der Waals surface area (Å²) in [7, 11) is 0. The standard InChI is InChI=1S/C6H2S2.C4H10.5C4H9.2Sn/c1-3-7-6-2-4-8-5(1)6;6*1-3-4-2;;/h1-2H;3-4H2,1-2H3;5*1,3-4H2,2H3;;. The van der Waals surface area contributed by atoms with Gasteiger partial charge in [0.1, 0.15) is 0 Å². The summed E-state index contributed by atoms with van der Waals surface area (Å²) in [6.45, 7) is 16.3. The van der Waals surface area contributed by atoms with Crippen molar-refractivity contribution in [3.63, 3.8) is 0 Å². The molecule has 2 aromatic rings. The molecular formula is C30H57S2Sn2. The minimum atomic E-state index is -2.24. The van der Waals surface area contributed by atoms with Crippen molar-refractivity contribution in [2.45, 2.75) is 148 Å². The molecule has 0 bridgehead atoms. The molecule has 4 heteroatoms. The van der Waals surface area contributed by atoms with E-state index in [9.17, 15) is 0 Å². The quantitative estimate of drug-likeness (QED) is 0.135. The topological polar surface area (TPSA) is 0 Å². The molecule has 2 heterocycles. The Morgan fingerprint density at radius 2 is 1.00 bits per heavy atom. The molecule has 0 aliphatic rings. The Kier molecular flexibility index (Phi) is 19.8. The van der Waals surface area contributed by atoms with Crippen molar-refractivity contribution in [3.05, 3.63) is 12.1 Å². The van der Waals surface area contributed by atoms with Crippen LogP contribution in [0.4, 0.5) is 0 Å². The Labute approximate surface area is 233 Å². The van der Waals surface area contributed by atoms with Crippen molar-refractivity contribution in [1.29, 1.82) is 0 Å². The molecule has 0 aliphatic heterocycles. The van der Waals surface area contributed by atoms with Gasteiger partial charge in [-0.15, -0.1) is 0 Å². The molecule has 0 aliphatic carbocycles. The van der Waals surface area contributed by atoms with E-state index in [1.165, 1.54) is 77.0 Å². The number of fused-ring (bicyclic) bond motifs is 1. The fraction of sp³-hybridized carbons (Fsp3) is 0.800. The zero-order chi connectivity index (χ0) is 25.2. The van der Waals surface area contributed by atoms with E-state index in [1.54, 1.807) is 31.6 Å². The number of unbranched alkanes of at least 4 members (excludes halogenated alkanes) is 6. The van der Waals surface area contributed by atoms with Gasteiger partial charge in [-0.2, -0.15) is 0 Å². The Bertz CT molecular complexity index is 670. The van der Waals surface area contributed by atoms with Gasteiger partial charge in [-0.3, -0.25) is 0 Å². The zero-order valence-electron chi connectivity index (χ0n) is 24.0. The van der Waals surface area contributed by atoms with Crippen LogP contribution in [-0.2, 0) is 0 Å². The summed E-state index contributed by atoms with van der Waals surface area (Å²) in [6.07, 6.45) is 16.9. The maximum absolute atomic E-state index is 2.76. The molecule has 197 valence electrons. The second kappa shape index (κ2) is 20.2. The molecule has 2 aromatic heterocycles. The molecular weight excluding hydrogens is 662 g/mol. The first-order valence-electron chi connectivity index (χ1n) is 14.9. The zero-order valence-corrected chi connectivity index (χ0v) is 31.3. The molecule has 0 aromatic carbocycles. The number of hydrogen-bond acceptors (Lipinski definition) is 2. The van der Waals surface area contributed by atoms with Crippen LogP contribution >= 0.6 is 22.7 Å². The summed E-state index contributed by atoms with van der Waals surface area (Å²) >= 11 is 0.899. The van der Waals surface area contributed by atoms with E-state index in [2.05, 4.69) is 83.3 Å². The molecule has 0 N–H and O–H groups in total. The molecule has 2 rings (SSSR count). The predicted octanol–water partition coefficient (Wildman–Crippen LogP) is 11.1. The van der Waals surface area contributed by atoms with Gasteiger partial charge in [-0.25, -0.2) is 0 Å². The van der Waals surface area contributed by atoms with E-state index in [0.29, 0.717) is 0 Å². The summed E-state index contributed by atoms with van der Waals surface area (Å²) in [5.74, 6) is 0. The molecule has 0 atom stereocenters. The van der Waals surface area contributed by atoms with E-state index in [0.717, 1.165) is 0 Å². The first-order valence-corrected chi connectivity index (χ1v) is 29.5. The summed E-state index contributed by atoms with van der Waals surface area (Å²) < 4.78 is 15.2. The van der Waals surface area contributed by atoms with Crippen LogP contribution in [-0.4, -0.2) is 38.1 Å². The number of hydrogen-bond donors (Lipinski definition) is 0. The summed E-state index contributed by atoms with van der Waals surface area (Å²) in [5.41, 5.74) is 0. The molecule has 0 nitrogen and oxygen atoms in total. The van der Waals surface area contributed by atoms with Gasteiger partial charge in [0.05, 0.1) is 0 Å². The van der Waals surface area contributed by atoms with Crippen LogP contribution in [0, 0.1) is 0 Å². The van der Waals surface area contributed by atoms with Crippen LogP contribution in [0.5, 0.6) is 0 Å². The van der Waals surface area contributed by atoms with Crippen LogP contribution < -0.4 is 5.79 Å². The van der Waals surface area contributed by atoms with Gasteiger partial charge in [0, 0.05) is 0 Å². The third-order valence-corrected chi connectivity index (χ3v) is 38.3. The van der Waals surface area contributed by atoms with E-state index in [-0.39, 0.29) is 0 Å². The van der Waals surface area contributed by atoms with Crippen LogP contribution in [0.25, 0.3) is 9.40 Å². The van der Waals surface area contributed by atoms with Gasteiger partial charge in [0.15, 0.2) is 0 Å². The summed E-state index contributed by atoms with van der Waals surface area (Å²) in [6, 6.07) is 5.47. The Hall–Kier alpha value is 1.26. The molecule has 0 spiro atoms. The van der Waals surface area contributed by atoms with Crippen molar-refractivity contribution in [1.82, 2.24) is 0 Å². The molecule has 0 unspecified atom stereocenters. The second-order valence-corrected chi connectivity index (χ2v) is 35.6. The van der Waals surface area contributed by atoms with Crippen molar-refractivity contribution in [2.24, 2.45) is 0 Å². The van der Waals surface area contributed by atoms with Gasteiger partial charge in [0.2, 0.25) is 0 Å². The average molecular weight is 719 g/mol. The number of thiophene rings is 2. The Balaban J connectivity index is 0.00000133. The third-order valence-electron chi connectivity index (χ3n) is 7.27. The van der Waals surface area contributed by atoms with E-state index >= 15 is 0 Å². The second-order valence-electron chi connectivity index (χ2n) is 10.4. The maximum atomic E-state index is 2.76. The molecule has 1 radical (unpaired) electrons. The first kappa shape index (κ1) is 33.3. The monoisotopic (exact) mass is 721 g/mol. The van der Waals surface area contributed by atoms with E-state index < -0.39 is 38.1 Å². The predicted molar refractivity (Wildman–Crippen MR) is 170 cm³/mol. The van der Waals surface area contributed by atoms with Crippen LogP contribution in [0.1, 0.15) is 126 Å². The van der Waals surface area contributed by atoms with Crippen LogP contribution in [0.2, 0.25) is 22.2 Å². The SMILES string of the molecule is CCCC.CCC[CH2][Sn]([CH2]CCC)[c]1cc2s[c]([Sn]([CH2]CCC)([CH2]CCC)[CH2]CCC)cc2s1. The van der Waals surface area contributed by atoms with E-state index in [4.69, 9.17) is 0 Å². The minimum absolute atomic E-state index is 1.32. The average Bonchev–Trinajstić information content (AvgIpc) is 3.44. The van der Waals surface area contributed by atoms with Gasteiger partial charge < -0.3 is 0 Å². The van der Waals surface area contributed by atoms with E-state index in [1.807, 2.05) is 5.79 Å². The number of rotatable bonds is 18. The van der Waals surface area contributed by atoms with Crippen LogP contribution in [0.3, 0.4) is 0 Å². The molecule has 34 heavy (non-hydrogen) atoms. The van der Waals surface area contributed by atoms with Gasteiger partial charge >= 0.3 is 209 Å². The van der Waals surface area contributed by atoms with Crippen molar-refractivity contribution < 1.29 is 0 Å². The molecule has 0 saturated heterocycles. The fourth-order valence-electron chi connectivity index (χ4n) is 4.71. The van der Waals surface area contributed by atoms with Crippen molar-refractivity contribution >= 4 is 76.0 Å². The molecule has 0 amide bonds. The van der Waals surface area contributed by atoms with Crippen molar-refractivity contribution in [3.8, 4) is 0 Å². The third kappa shape index (κ3) is 11.3. The van der Waals surface area contributed by atoms with Gasteiger partial charge in [-0.05, 0) is 0 Å². The van der Waals surface area contributed by atoms with Gasteiger partial charge in [-0.1, -0.05) is 26.7 Å². The normalized spacial score (nSPS) is 11.9. The summed E-state index contributed by atoms with van der Waals surface area (Å²) in [4.78, 5) is 0. The Morgan fingerprint density at radius 3 is 1.38 bits per heavy atom. The fourth-order valence-corrected chi connectivity index (χ4v) is 37.9. The van der Waals surface area contributed by atoms with Crippen LogP contribution in [0.15, 0.2) is 12.1 Å². The van der Waals surface area contributed by atoms with Gasteiger partial charge in [0.25, 0.3) is 0 Å². The molecule has 0 saturated carbocycles.